The third kappa shape index (κ3) is 10.1. The summed E-state index contributed by atoms with van der Waals surface area (Å²) in [5.41, 5.74) is 3.89. The van der Waals surface area contributed by atoms with Crippen LogP contribution in [0.15, 0.2) is 59.4 Å². The molecule has 0 unspecified atom stereocenters. The Morgan fingerprint density at radius 2 is 1.63 bits per heavy atom. The van der Waals surface area contributed by atoms with Crippen molar-refractivity contribution in [1.82, 2.24) is 31.1 Å². The lowest BCUT2D eigenvalue weighted by atomic mass is 9.81. The van der Waals surface area contributed by atoms with Gasteiger partial charge in [0.25, 0.3) is 11.5 Å². The summed E-state index contributed by atoms with van der Waals surface area (Å²) in [5, 5.41) is 17.4. The van der Waals surface area contributed by atoms with E-state index in [0.29, 0.717) is 47.4 Å². The van der Waals surface area contributed by atoms with E-state index in [1.165, 1.54) is 0 Å². The van der Waals surface area contributed by atoms with Gasteiger partial charge in [-0.3, -0.25) is 29.4 Å². The Bertz CT molecular complexity index is 1970. The van der Waals surface area contributed by atoms with Gasteiger partial charge in [0.15, 0.2) is 0 Å². The minimum Gasteiger partial charge on any atom is -0.444 e. The van der Waals surface area contributed by atoms with Crippen molar-refractivity contribution in [2.45, 2.75) is 91.3 Å². The molecule has 5 rings (SSSR count). The first-order chi connectivity index (χ1) is 24.6. The molecule has 276 valence electrons. The molecule has 0 radical (unpaired) electrons. The van der Waals surface area contributed by atoms with Crippen LogP contribution in [-0.2, 0) is 20.7 Å². The van der Waals surface area contributed by atoms with Crippen LogP contribution in [-0.4, -0.2) is 63.2 Å². The van der Waals surface area contributed by atoms with Gasteiger partial charge < -0.3 is 26.0 Å². The molecule has 2 aromatic heterocycles. The number of hydrogen-bond acceptors (Lipinski definition) is 7. The van der Waals surface area contributed by atoms with E-state index in [9.17, 15) is 24.0 Å². The second-order valence-electron chi connectivity index (χ2n) is 14.8. The number of hydrogen-bond donors (Lipinski definition) is 6. The van der Waals surface area contributed by atoms with Gasteiger partial charge in [-0.25, -0.2) is 9.78 Å². The number of aryl methyl sites for hydroxylation is 1. The fraction of sp³-hybridized carbons (Fsp3) is 0.436. The highest BCUT2D eigenvalue weighted by Gasteiger charge is 2.30. The second kappa shape index (κ2) is 16.3. The smallest absolute Gasteiger partial charge is 0.407 e. The number of nitrogens with zero attached hydrogens (tertiary/aromatic N) is 1. The average Bonchev–Trinajstić information content (AvgIpc) is 3.46. The SMILES string of the molecule is Cc1nc(C(=O)NC(C)C)ccc1-c1ccc(C[C@H](NC(=O)C2CCC(CNC(=O)OC(C)(C)C)CC2)C(=O)Nc2ccc3c(=O)[nH][nH]c3c2)cc1. The van der Waals surface area contributed by atoms with E-state index in [-0.39, 0.29) is 47.6 Å². The Hall–Kier alpha value is -5.46. The molecule has 0 aliphatic heterocycles. The standard InChI is InChI=1S/C39H49N7O6/c1-22(2)41-36(49)31-18-17-29(23(3)42-31)26-11-7-24(8-12-26)19-33(37(50)43-28-15-16-30-32(20-28)45-46-35(30)48)44-34(47)27-13-9-25(10-14-27)21-40-38(51)52-39(4,5)6/h7-8,11-12,15-18,20,22,25,27,33H,9-10,13-14,19,21H2,1-6H3,(H,40,51)(H,41,49)(H,43,50)(H,44,47)(H2,45,46,48)/t25?,27?,33-/m0/s1. The van der Waals surface area contributed by atoms with Crippen molar-refractivity contribution < 1.29 is 23.9 Å². The summed E-state index contributed by atoms with van der Waals surface area (Å²) >= 11 is 0. The largest absolute Gasteiger partial charge is 0.444 e. The quantitative estimate of drug-likeness (QED) is 0.121. The molecule has 4 aromatic rings. The predicted octanol–water partition coefficient (Wildman–Crippen LogP) is 5.36. The molecule has 2 aromatic carbocycles. The summed E-state index contributed by atoms with van der Waals surface area (Å²) in [5.74, 6) is -0.839. The molecule has 6 N–H and O–H groups in total. The number of alkyl carbamates (subject to hydrolysis) is 1. The normalized spacial score (nSPS) is 16.6. The number of amides is 4. The highest BCUT2D eigenvalue weighted by atomic mass is 16.6. The summed E-state index contributed by atoms with van der Waals surface area (Å²) in [6.07, 6.45) is 2.59. The van der Waals surface area contributed by atoms with Crippen LogP contribution in [0.3, 0.4) is 0 Å². The van der Waals surface area contributed by atoms with Gasteiger partial charge in [-0.2, -0.15) is 0 Å². The molecule has 0 spiro atoms. The first kappa shape index (κ1) is 37.8. The van der Waals surface area contributed by atoms with Crippen LogP contribution in [0.25, 0.3) is 22.0 Å². The van der Waals surface area contributed by atoms with Crippen LogP contribution >= 0.6 is 0 Å². The summed E-state index contributed by atoms with van der Waals surface area (Å²) in [7, 11) is 0. The zero-order valence-electron chi connectivity index (χ0n) is 30.6. The van der Waals surface area contributed by atoms with Gasteiger partial charge in [0, 0.05) is 41.9 Å². The van der Waals surface area contributed by atoms with E-state index in [2.05, 4.69) is 36.4 Å². The minimum absolute atomic E-state index is 0.000669. The third-order valence-corrected chi connectivity index (χ3v) is 9.07. The van der Waals surface area contributed by atoms with Crippen LogP contribution in [0, 0.1) is 18.8 Å². The third-order valence-electron chi connectivity index (χ3n) is 9.07. The zero-order chi connectivity index (χ0) is 37.6. The fourth-order valence-electron chi connectivity index (χ4n) is 6.40. The van der Waals surface area contributed by atoms with Crippen molar-refractivity contribution in [3.05, 3.63) is 81.9 Å². The molecular weight excluding hydrogens is 662 g/mol. The maximum absolute atomic E-state index is 13.8. The predicted molar refractivity (Wildman–Crippen MR) is 200 cm³/mol. The summed E-state index contributed by atoms with van der Waals surface area (Å²) in [6, 6.07) is 15.4. The Balaban J connectivity index is 1.26. The molecule has 1 atom stereocenters. The molecule has 1 fully saturated rings. The lowest BCUT2D eigenvalue weighted by Gasteiger charge is -2.29. The van der Waals surface area contributed by atoms with Gasteiger partial charge in [0.1, 0.15) is 17.3 Å². The van der Waals surface area contributed by atoms with E-state index < -0.39 is 17.7 Å². The van der Waals surface area contributed by atoms with Crippen LogP contribution < -0.4 is 26.8 Å². The van der Waals surface area contributed by atoms with Crippen molar-refractivity contribution in [1.29, 1.82) is 0 Å². The molecule has 0 bridgehead atoms. The van der Waals surface area contributed by atoms with Gasteiger partial charge in [0.05, 0.1) is 10.9 Å². The number of pyridine rings is 1. The summed E-state index contributed by atoms with van der Waals surface area (Å²) in [6.45, 7) is 11.6. The first-order valence-electron chi connectivity index (χ1n) is 17.8. The van der Waals surface area contributed by atoms with E-state index in [4.69, 9.17) is 4.74 Å². The molecule has 1 saturated carbocycles. The molecule has 2 heterocycles. The zero-order valence-corrected chi connectivity index (χ0v) is 30.6. The molecule has 0 saturated heterocycles. The monoisotopic (exact) mass is 711 g/mol. The minimum atomic E-state index is -0.881. The number of carbonyl (C=O) groups excluding carboxylic acids is 4. The average molecular weight is 712 g/mol. The van der Waals surface area contributed by atoms with Crippen molar-refractivity contribution in [3.8, 4) is 11.1 Å². The number of anilines is 1. The van der Waals surface area contributed by atoms with Crippen LogP contribution in [0.5, 0.6) is 0 Å². The second-order valence-corrected chi connectivity index (χ2v) is 14.8. The molecule has 1 aliphatic carbocycles. The lowest BCUT2D eigenvalue weighted by Crippen LogP contribution is -2.48. The Morgan fingerprint density at radius 1 is 0.923 bits per heavy atom. The number of H-pyrrole nitrogens is 2. The van der Waals surface area contributed by atoms with E-state index >= 15 is 0 Å². The lowest BCUT2D eigenvalue weighted by molar-refractivity contribution is -0.130. The van der Waals surface area contributed by atoms with Crippen molar-refractivity contribution in [3.63, 3.8) is 0 Å². The molecule has 52 heavy (non-hydrogen) atoms. The molecule has 13 heteroatoms. The van der Waals surface area contributed by atoms with Gasteiger partial charge >= 0.3 is 6.09 Å². The van der Waals surface area contributed by atoms with Gasteiger partial charge in [-0.15, -0.1) is 0 Å². The van der Waals surface area contributed by atoms with Crippen LogP contribution in [0.1, 0.15) is 82.0 Å². The molecule has 4 amide bonds. The van der Waals surface area contributed by atoms with Crippen molar-refractivity contribution >= 4 is 40.4 Å². The number of nitrogens with one attached hydrogen (secondary N) is 6. The number of fused-ring (bicyclic) bond motifs is 1. The van der Waals surface area contributed by atoms with E-state index in [1.807, 2.05) is 71.9 Å². The molecule has 1 aliphatic rings. The fourth-order valence-corrected chi connectivity index (χ4v) is 6.40. The van der Waals surface area contributed by atoms with Gasteiger partial charge in [-0.05, 0) is 109 Å². The van der Waals surface area contributed by atoms with Crippen molar-refractivity contribution in [2.24, 2.45) is 11.8 Å². The summed E-state index contributed by atoms with van der Waals surface area (Å²) in [4.78, 5) is 68.4. The topological polar surface area (TPSA) is 187 Å². The maximum Gasteiger partial charge on any atom is 0.407 e. The molecule has 13 nitrogen and oxygen atoms in total. The number of aromatic amines is 2. The number of ether oxygens (including phenoxy) is 1. The van der Waals surface area contributed by atoms with E-state index in [1.54, 1.807) is 24.3 Å². The van der Waals surface area contributed by atoms with Gasteiger partial charge in [-0.1, -0.05) is 30.3 Å². The number of benzene rings is 2. The van der Waals surface area contributed by atoms with Crippen molar-refractivity contribution in [2.75, 3.05) is 11.9 Å². The number of aromatic nitrogens is 3. The van der Waals surface area contributed by atoms with E-state index in [0.717, 1.165) is 29.5 Å². The Morgan fingerprint density at radius 3 is 2.29 bits per heavy atom. The highest BCUT2D eigenvalue weighted by Crippen LogP contribution is 2.29. The Kier molecular flexibility index (Phi) is 11.8. The number of carbonyl (C=O) groups is 4. The Labute approximate surface area is 303 Å². The van der Waals surface area contributed by atoms with Crippen LogP contribution in [0.4, 0.5) is 10.5 Å². The summed E-state index contributed by atoms with van der Waals surface area (Å²) < 4.78 is 5.34. The molecular formula is C39H49N7O6. The van der Waals surface area contributed by atoms with Crippen LogP contribution in [0.2, 0.25) is 0 Å². The van der Waals surface area contributed by atoms with Gasteiger partial charge in [0.2, 0.25) is 11.8 Å². The maximum atomic E-state index is 13.8. The number of rotatable bonds is 11. The first-order valence-corrected chi connectivity index (χ1v) is 17.8. The highest BCUT2D eigenvalue weighted by molar-refractivity contribution is 5.99.